The lowest BCUT2D eigenvalue weighted by Crippen LogP contribution is -2.23. The summed E-state index contributed by atoms with van der Waals surface area (Å²) in [6, 6.07) is 6.59. The van der Waals surface area contributed by atoms with Crippen LogP contribution in [0.2, 0.25) is 0 Å². The van der Waals surface area contributed by atoms with E-state index >= 15 is 0 Å². The third-order valence-electron chi connectivity index (χ3n) is 2.51. The number of imidazole rings is 1. The summed E-state index contributed by atoms with van der Waals surface area (Å²) in [4.78, 5) is 15.6. The van der Waals surface area contributed by atoms with E-state index in [2.05, 4.69) is 15.5 Å². The van der Waals surface area contributed by atoms with Crippen LogP contribution in [0.4, 0.5) is 0 Å². The van der Waals surface area contributed by atoms with Crippen LogP contribution < -0.4 is 5.43 Å². The van der Waals surface area contributed by atoms with E-state index in [9.17, 15) is 9.90 Å². The number of hydrogen-bond donors (Lipinski definition) is 2. The molecule has 0 spiro atoms. The summed E-state index contributed by atoms with van der Waals surface area (Å²) in [7, 11) is 0. The second-order valence-corrected chi connectivity index (χ2v) is 3.99. The number of hydrogen-bond acceptors (Lipinski definition) is 4. The van der Waals surface area contributed by atoms with E-state index in [0.717, 1.165) is 5.82 Å². The number of aryl methyl sites for hydroxylation is 1. The number of phenols is 1. The molecule has 0 atom stereocenters. The fraction of sp³-hybridized carbons (Fsp3) is 0.154. The maximum Gasteiger partial charge on any atom is 0.260 e. The fourth-order valence-corrected chi connectivity index (χ4v) is 1.54. The first-order valence-corrected chi connectivity index (χ1v) is 5.74. The first-order valence-electron chi connectivity index (χ1n) is 5.74. The van der Waals surface area contributed by atoms with Crippen LogP contribution in [-0.2, 0) is 11.3 Å². The van der Waals surface area contributed by atoms with Crippen LogP contribution in [0.3, 0.4) is 0 Å². The summed E-state index contributed by atoms with van der Waals surface area (Å²) in [6.07, 6.45) is 4.84. The van der Waals surface area contributed by atoms with Gasteiger partial charge in [0.15, 0.2) is 0 Å². The van der Waals surface area contributed by atoms with Gasteiger partial charge in [0.2, 0.25) is 0 Å². The minimum Gasteiger partial charge on any atom is -0.508 e. The van der Waals surface area contributed by atoms with Gasteiger partial charge in [-0.25, -0.2) is 10.4 Å². The summed E-state index contributed by atoms with van der Waals surface area (Å²) < 4.78 is 1.72. The summed E-state index contributed by atoms with van der Waals surface area (Å²) in [5, 5.41) is 13.1. The second kappa shape index (κ2) is 5.81. The van der Waals surface area contributed by atoms with Gasteiger partial charge < -0.3 is 9.67 Å². The predicted octanol–water partition coefficient (Wildman–Crippen LogP) is 1.05. The molecule has 6 heteroatoms. The van der Waals surface area contributed by atoms with Crippen LogP contribution in [0, 0.1) is 6.92 Å². The Kier molecular flexibility index (Phi) is 3.92. The van der Waals surface area contributed by atoms with Crippen molar-refractivity contribution in [2.75, 3.05) is 0 Å². The topological polar surface area (TPSA) is 79.5 Å². The minimum absolute atomic E-state index is 0.157. The van der Waals surface area contributed by atoms with Crippen LogP contribution in [0.1, 0.15) is 11.4 Å². The van der Waals surface area contributed by atoms with Gasteiger partial charge in [0.05, 0.1) is 6.21 Å². The van der Waals surface area contributed by atoms with Crippen LogP contribution in [0.15, 0.2) is 41.8 Å². The van der Waals surface area contributed by atoms with E-state index in [-0.39, 0.29) is 18.2 Å². The summed E-state index contributed by atoms with van der Waals surface area (Å²) in [5.41, 5.74) is 3.12. The van der Waals surface area contributed by atoms with Crippen molar-refractivity contribution < 1.29 is 9.90 Å². The molecule has 0 saturated heterocycles. The highest BCUT2D eigenvalue weighted by molar-refractivity contribution is 5.82. The largest absolute Gasteiger partial charge is 0.508 e. The number of carbonyl (C=O) groups excluding carboxylic acids is 1. The molecule has 1 amide bonds. The third-order valence-corrected chi connectivity index (χ3v) is 2.51. The molecule has 98 valence electrons. The zero-order valence-electron chi connectivity index (χ0n) is 10.4. The van der Waals surface area contributed by atoms with Crippen molar-refractivity contribution in [2.45, 2.75) is 13.5 Å². The Morgan fingerprint density at radius 1 is 1.58 bits per heavy atom. The molecular formula is C13H14N4O2. The van der Waals surface area contributed by atoms with E-state index in [1.165, 1.54) is 6.21 Å². The number of aromatic nitrogens is 2. The molecule has 2 N–H and O–H groups in total. The number of carbonyl (C=O) groups is 1. The van der Waals surface area contributed by atoms with Crippen LogP contribution >= 0.6 is 0 Å². The number of aromatic hydroxyl groups is 1. The molecule has 19 heavy (non-hydrogen) atoms. The maximum absolute atomic E-state index is 11.6. The smallest absolute Gasteiger partial charge is 0.260 e. The number of rotatable bonds is 4. The molecule has 6 nitrogen and oxygen atoms in total. The van der Waals surface area contributed by atoms with E-state index in [1.807, 2.05) is 6.92 Å². The average molecular weight is 258 g/mol. The van der Waals surface area contributed by atoms with E-state index in [4.69, 9.17) is 0 Å². The molecule has 0 aliphatic carbocycles. The molecule has 0 aliphatic rings. The number of nitrogens with zero attached hydrogens (tertiary/aromatic N) is 3. The van der Waals surface area contributed by atoms with Crippen molar-refractivity contribution in [2.24, 2.45) is 5.10 Å². The van der Waals surface area contributed by atoms with Gasteiger partial charge in [-0.05, 0) is 24.6 Å². The Balaban J connectivity index is 1.88. The Morgan fingerprint density at radius 3 is 3.11 bits per heavy atom. The van der Waals surface area contributed by atoms with E-state index in [0.29, 0.717) is 5.56 Å². The van der Waals surface area contributed by atoms with Gasteiger partial charge in [0.1, 0.15) is 18.1 Å². The zero-order valence-corrected chi connectivity index (χ0v) is 10.4. The Hall–Kier alpha value is -2.63. The number of amides is 1. The minimum atomic E-state index is -0.238. The molecular weight excluding hydrogens is 244 g/mol. The molecule has 1 aromatic carbocycles. The normalized spacial score (nSPS) is 10.8. The van der Waals surface area contributed by atoms with Crippen molar-refractivity contribution in [3.63, 3.8) is 0 Å². The summed E-state index contributed by atoms with van der Waals surface area (Å²) in [5.74, 6) is 0.689. The summed E-state index contributed by atoms with van der Waals surface area (Å²) in [6.45, 7) is 1.99. The van der Waals surface area contributed by atoms with Gasteiger partial charge in [0.25, 0.3) is 5.91 Å². The first-order chi connectivity index (χ1) is 9.15. The van der Waals surface area contributed by atoms with Crippen LogP contribution in [0.25, 0.3) is 0 Å². The van der Waals surface area contributed by atoms with E-state index < -0.39 is 0 Å². The molecule has 2 aromatic rings. The molecule has 0 saturated carbocycles. The van der Waals surface area contributed by atoms with Crippen molar-refractivity contribution in [1.82, 2.24) is 15.0 Å². The molecule has 0 unspecified atom stereocenters. The van der Waals surface area contributed by atoms with Crippen LogP contribution in [0.5, 0.6) is 5.75 Å². The molecule has 1 aromatic heterocycles. The predicted molar refractivity (Wildman–Crippen MR) is 70.8 cm³/mol. The van der Waals surface area contributed by atoms with E-state index in [1.54, 1.807) is 41.2 Å². The van der Waals surface area contributed by atoms with Gasteiger partial charge in [-0.2, -0.15) is 5.10 Å². The lowest BCUT2D eigenvalue weighted by molar-refractivity contribution is -0.121. The zero-order chi connectivity index (χ0) is 13.7. The van der Waals surface area contributed by atoms with Gasteiger partial charge >= 0.3 is 0 Å². The molecule has 0 radical (unpaired) electrons. The van der Waals surface area contributed by atoms with Crippen LogP contribution in [-0.4, -0.2) is 26.8 Å². The standard InChI is InChI=1S/C13H14N4O2/c1-10-14-5-6-17(10)9-13(19)16-15-8-11-3-2-4-12(18)7-11/h2-8,18H,9H2,1H3,(H,16,19)/b15-8-. The van der Waals surface area contributed by atoms with Crippen molar-refractivity contribution in [3.05, 3.63) is 48.0 Å². The lowest BCUT2D eigenvalue weighted by Gasteiger charge is -2.02. The third kappa shape index (κ3) is 3.67. The molecule has 2 rings (SSSR count). The quantitative estimate of drug-likeness (QED) is 0.635. The monoisotopic (exact) mass is 258 g/mol. The number of nitrogens with one attached hydrogen (secondary N) is 1. The average Bonchev–Trinajstić information content (AvgIpc) is 2.75. The van der Waals surface area contributed by atoms with Crippen molar-refractivity contribution in [3.8, 4) is 5.75 Å². The number of hydrazone groups is 1. The lowest BCUT2D eigenvalue weighted by atomic mass is 10.2. The highest BCUT2D eigenvalue weighted by Crippen LogP contribution is 2.08. The molecule has 1 heterocycles. The molecule has 0 aliphatic heterocycles. The Morgan fingerprint density at radius 2 is 2.42 bits per heavy atom. The Labute approximate surface area is 110 Å². The maximum atomic E-state index is 11.6. The first kappa shape index (κ1) is 12.8. The van der Waals surface area contributed by atoms with Crippen molar-refractivity contribution >= 4 is 12.1 Å². The highest BCUT2D eigenvalue weighted by atomic mass is 16.3. The second-order valence-electron chi connectivity index (χ2n) is 3.99. The Bertz CT molecular complexity index is 604. The molecule has 0 fully saturated rings. The van der Waals surface area contributed by atoms with Crippen molar-refractivity contribution in [1.29, 1.82) is 0 Å². The number of phenolic OH excluding ortho intramolecular Hbond substituents is 1. The highest BCUT2D eigenvalue weighted by Gasteiger charge is 2.03. The number of benzene rings is 1. The molecule has 0 bridgehead atoms. The fourth-order valence-electron chi connectivity index (χ4n) is 1.54. The SMILES string of the molecule is Cc1nccn1CC(=O)N/N=C\c1cccc(O)c1. The van der Waals surface area contributed by atoms with Gasteiger partial charge in [-0.1, -0.05) is 12.1 Å². The van der Waals surface area contributed by atoms with Gasteiger partial charge in [-0.3, -0.25) is 4.79 Å². The summed E-state index contributed by atoms with van der Waals surface area (Å²) >= 11 is 0. The van der Waals surface area contributed by atoms with Gasteiger partial charge in [0, 0.05) is 12.4 Å². The van der Waals surface area contributed by atoms with Gasteiger partial charge in [-0.15, -0.1) is 0 Å².